The number of nitrogens with one attached hydrogen (secondary N) is 3. The first-order valence-corrected chi connectivity index (χ1v) is 8.05. The molecule has 2 rings (SSSR count). The average molecular weight is 456 g/mol. The Hall–Kier alpha value is -2.03. The van der Waals surface area contributed by atoms with Crippen molar-refractivity contribution in [1.82, 2.24) is 16.0 Å². The van der Waals surface area contributed by atoms with E-state index in [4.69, 9.17) is 4.42 Å². The van der Waals surface area contributed by atoms with Crippen molar-refractivity contribution in [2.45, 2.75) is 12.8 Å². The number of amides is 1. The molecule has 1 heterocycles. The lowest BCUT2D eigenvalue weighted by atomic mass is 10.1. The predicted molar refractivity (Wildman–Crippen MR) is 110 cm³/mol. The number of rotatable bonds is 8. The summed E-state index contributed by atoms with van der Waals surface area (Å²) in [6.07, 6.45) is 3.24. The molecule has 1 aromatic heterocycles. The van der Waals surface area contributed by atoms with E-state index in [0.717, 1.165) is 18.6 Å². The number of hydrogen-bond acceptors (Lipinski definition) is 3. The van der Waals surface area contributed by atoms with Gasteiger partial charge in [0.1, 0.15) is 5.76 Å². The molecule has 7 heteroatoms. The molecule has 0 saturated carbocycles. The summed E-state index contributed by atoms with van der Waals surface area (Å²) < 4.78 is 5.26. The molecule has 3 N–H and O–H groups in total. The first kappa shape index (κ1) is 21.0. The van der Waals surface area contributed by atoms with Gasteiger partial charge in [-0.05, 0) is 24.1 Å². The molecule has 6 nitrogen and oxygen atoms in total. The van der Waals surface area contributed by atoms with E-state index in [2.05, 4.69) is 33.1 Å². The normalized spacial score (nSPS) is 10.7. The highest BCUT2D eigenvalue weighted by atomic mass is 127. The third kappa shape index (κ3) is 8.57. The summed E-state index contributed by atoms with van der Waals surface area (Å²) in [6.45, 7) is 1.49. The van der Waals surface area contributed by atoms with Gasteiger partial charge in [0.25, 0.3) is 0 Å². The van der Waals surface area contributed by atoms with E-state index in [-0.39, 0.29) is 36.4 Å². The van der Waals surface area contributed by atoms with Crippen LogP contribution in [0, 0.1) is 0 Å². The third-order valence-corrected chi connectivity index (χ3v) is 3.46. The van der Waals surface area contributed by atoms with Crippen LogP contribution in [0.15, 0.2) is 58.1 Å². The molecule has 1 amide bonds. The molecule has 0 aliphatic heterocycles. The molecular formula is C18H25IN4O2. The second kappa shape index (κ2) is 12.3. The van der Waals surface area contributed by atoms with Crippen LogP contribution in [-0.2, 0) is 17.6 Å². The highest BCUT2D eigenvalue weighted by Crippen LogP contribution is 1.99. The van der Waals surface area contributed by atoms with Crippen LogP contribution in [0.2, 0.25) is 0 Å². The topological polar surface area (TPSA) is 78.7 Å². The van der Waals surface area contributed by atoms with Gasteiger partial charge < -0.3 is 20.4 Å². The number of carbonyl (C=O) groups is 1. The smallest absolute Gasteiger partial charge is 0.239 e. The van der Waals surface area contributed by atoms with Crippen LogP contribution in [0.25, 0.3) is 0 Å². The van der Waals surface area contributed by atoms with Gasteiger partial charge in [-0.2, -0.15) is 0 Å². The summed E-state index contributed by atoms with van der Waals surface area (Å²) in [6, 6.07) is 13.9. The second-order valence-electron chi connectivity index (χ2n) is 5.27. The molecule has 0 fully saturated rings. The molecule has 25 heavy (non-hydrogen) atoms. The Balaban J connectivity index is 0.00000312. The number of halogens is 1. The van der Waals surface area contributed by atoms with Crippen molar-refractivity contribution in [1.29, 1.82) is 0 Å². The number of benzene rings is 1. The van der Waals surface area contributed by atoms with E-state index >= 15 is 0 Å². The Morgan fingerprint density at radius 3 is 2.44 bits per heavy atom. The second-order valence-corrected chi connectivity index (χ2v) is 5.27. The Labute approximate surface area is 165 Å². The maximum Gasteiger partial charge on any atom is 0.239 e. The van der Waals surface area contributed by atoms with Gasteiger partial charge in [0, 0.05) is 26.6 Å². The van der Waals surface area contributed by atoms with E-state index < -0.39 is 0 Å². The molecule has 0 aliphatic rings. The van der Waals surface area contributed by atoms with Gasteiger partial charge in [-0.1, -0.05) is 30.3 Å². The fourth-order valence-corrected chi connectivity index (χ4v) is 2.20. The molecule has 136 valence electrons. The standard InChI is InChI=1S/C18H24N4O2.HI/c1-19-18(21-12-10-16-8-5-13-24-16)22-14-17(23)20-11-9-15-6-3-2-4-7-15;/h2-8,13H,9-12,14H2,1H3,(H,20,23)(H2,19,21,22);1H. The number of nitrogens with zero attached hydrogens (tertiary/aromatic N) is 1. The van der Waals surface area contributed by atoms with Crippen LogP contribution < -0.4 is 16.0 Å². The number of furan rings is 1. The van der Waals surface area contributed by atoms with Crippen molar-refractivity contribution < 1.29 is 9.21 Å². The van der Waals surface area contributed by atoms with Crippen LogP contribution in [-0.4, -0.2) is 38.5 Å². The van der Waals surface area contributed by atoms with Crippen molar-refractivity contribution >= 4 is 35.8 Å². The van der Waals surface area contributed by atoms with Crippen LogP contribution in [0.3, 0.4) is 0 Å². The van der Waals surface area contributed by atoms with E-state index in [1.54, 1.807) is 13.3 Å². The summed E-state index contributed by atoms with van der Waals surface area (Å²) in [7, 11) is 1.68. The number of aliphatic imine (C=N–C) groups is 1. The minimum Gasteiger partial charge on any atom is -0.469 e. The van der Waals surface area contributed by atoms with Gasteiger partial charge in [0.2, 0.25) is 5.91 Å². The summed E-state index contributed by atoms with van der Waals surface area (Å²) in [4.78, 5) is 15.9. The van der Waals surface area contributed by atoms with E-state index in [0.29, 0.717) is 19.0 Å². The first-order valence-electron chi connectivity index (χ1n) is 8.05. The largest absolute Gasteiger partial charge is 0.469 e. The fourth-order valence-electron chi connectivity index (χ4n) is 2.20. The zero-order valence-corrected chi connectivity index (χ0v) is 16.7. The maximum absolute atomic E-state index is 11.8. The third-order valence-electron chi connectivity index (χ3n) is 3.46. The Morgan fingerprint density at radius 2 is 1.76 bits per heavy atom. The number of hydrogen-bond donors (Lipinski definition) is 3. The Kier molecular flexibility index (Phi) is 10.4. The van der Waals surface area contributed by atoms with Crippen LogP contribution in [0.1, 0.15) is 11.3 Å². The first-order chi connectivity index (χ1) is 11.8. The summed E-state index contributed by atoms with van der Waals surface area (Å²) in [5.74, 6) is 1.45. The van der Waals surface area contributed by atoms with Gasteiger partial charge in [-0.3, -0.25) is 9.79 Å². The lowest BCUT2D eigenvalue weighted by Gasteiger charge is -2.11. The van der Waals surface area contributed by atoms with Crippen LogP contribution >= 0.6 is 24.0 Å². The molecule has 0 atom stereocenters. The molecule has 0 aliphatic carbocycles. The maximum atomic E-state index is 11.8. The average Bonchev–Trinajstić information content (AvgIpc) is 3.12. The summed E-state index contributed by atoms with van der Waals surface area (Å²) in [5.41, 5.74) is 1.21. The van der Waals surface area contributed by atoms with Crippen molar-refractivity contribution in [2.75, 3.05) is 26.7 Å². The van der Waals surface area contributed by atoms with Gasteiger partial charge in [-0.25, -0.2) is 0 Å². The van der Waals surface area contributed by atoms with E-state index in [9.17, 15) is 4.79 Å². The predicted octanol–water partition coefficient (Wildman–Crippen LogP) is 1.96. The van der Waals surface area contributed by atoms with Gasteiger partial charge in [-0.15, -0.1) is 24.0 Å². The molecule has 1 aromatic carbocycles. The zero-order chi connectivity index (χ0) is 17.0. The monoisotopic (exact) mass is 456 g/mol. The van der Waals surface area contributed by atoms with Crippen molar-refractivity contribution in [3.8, 4) is 0 Å². The van der Waals surface area contributed by atoms with E-state index in [1.807, 2.05) is 30.3 Å². The minimum atomic E-state index is -0.0556. The van der Waals surface area contributed by atoms with Gasteiger partial charge in [0.15, 0.2) is 5.96 Å². The van der Waals surface area contributed by atoms with Crippen molar-refractivity contribution in [3.05, 3.63) is 60.1 Å². The van der Waals surface area contributed by atoms with Gasteiger partial charge >= 0.3 is 0 Å². The molecule has 0 radical (unpaired) electrons. The number of carbonyl (C=O) groups excluding carboxylic acids is 1. The quantitative estimate of drug-likeness (QED) is 0.323. The lowest BCUT2D eigenvalue weighted by Crippen LogP contribution is -2.44. The van der Waals surface area contributed by atoms with Crippen molar-refractivity contribution in [2.24, 2.45) is 4.99 Å². The van der Waals surface area contributed by atoms with Crippen LogP contribution in [0.4, 0.5) is 0 Å². The highest BCUT2D eigenvalue weighted by Gasteiger charge is 2.03. The zero-order valence-electron chi connectivity index (χ0n) is 14.3. The molecule has 0 saturated heterocycles. The minimum absolute atomic E-state index is 0. The molecule has 0 unspecified atom stereocenters. The molecule has 0 bridgehead atoms. The summed E-state index contributed by atoms with van der Waals surface area (Å²) >= 11 is 0. The summed E-state index contributed by atoms with van der Waals surface area (Å²) in [5, 5.41) is 9.03. The fraction of sp³-hybridized carbons (Fsp3) is 0.333. The Morgan fingerprint density at radius 1 is 1.00 bits per heavy atom. The van der Waals surface area contributed by atoms with Crippen molar-refractivity contribution in [3.63, 3.8) is 0 Å². The molecular weight excluding hydrogens is 431 g/mol. The molecule has 2 aromatic rings. The van der Waals surface area contributed by atoms with Gasteiger partial charge in [0.05, 0.1) is 12.8 Å². The van der Waals surface area contributed by atoms with Crippen LogP contribution in [0.5, 0.6) is 0 Å². The SMILES string of the molecule is CN=C(NCCc1ccco1)NCC(=O)NCCc1ccccc1.I. The number of guanidine groups is 1. The van der Waals surface area contributed by atoms with E-state index in [1.165, 1.54) is 5.56 Å². The molecule has 0 spiro atoms. The Bertz CT molecular complexity index is 630. The lowest BCUT2D eigenvalue weighted by molar-refractivity contribution is -0.119. The highest BCUT2D eigenvalue weighted by molar-refractivity contribution is 14.0.